The van der Waals surface area contributed by atoms with E-state index in [1.54, 1.807) is 19.2 Å². The highest BCUT2D eigenvalue weighted by Crippen LogP contribution is 2.39. The Morgan fingerprint density at radius 3 is 2.76 bits per heavy atom. The largest absolute Gasteiger partial charge is 0.494 e. The van der Waals surface area contributed by atoms with Crippen LogP contribution in [-0.2, 0) is 0 Å². The van der Waals surface area contributed by atoms with E-state index in [0.717, 1.165) is 21.9 Å². The van der Waals surface area contributed by atoms with E-state index < -0.39 is 0 Å². The van der Waals surface area contributed by atoms with Crippen molar-refractivity contribution in [3.05, 3.63) is 35.4 Å². The normalized spacial score (nSPS) is 11.2. The average molecular weight is 248 g/mol. The van der Waals surface area contributed by atoms with Gasteiger partial charge in [0.2, 0.25) is 0 Å². The molecule has 17 heavy (non-hydrogen) atoms. The molecule has 2 aromatic carbocycles. The fraction of sp³-hybridized carbons (Fsp3) is 0.0769. The molecule has 0 saturated carbocycles. The molecule has 86 valence electrons. The molecule has 0 saturated heterocycles. The molecule has 0 atom stereocenters. The summed E-state index contributed by atoms with van der Waals surface area (Å²) >= 11 is 5.94. The van der Waals surface area contributed by atoms with Crippen LogP contribution >= 0.6 is 11.6 Å². The number of hydrogen-bond acceptors (Lipinski definition) is 3. The number of furan rings is 1. The summed E-state index contributed by atoms with van der Waals surface area (Å²) < 4.78 is 11.0. The van der Waals surface area contributed by atoms with Gasteiger partial charge in [-0.1, -0.05) is 11.6 Å². The topological polar surface area (TPSA) is 48.4 Å². The molecule has 1 heterocycles. The highest BCUT2D eigenvalue weighted by Gasteiger charge is 2.14. The van der Waals surface area contributed by atoms with Gasteiger partial charge in [0.15, 0.2) is 5.75 Å². The third-order valence-corrected chi connectivity index (χ3v) is 3.02. The maximum absolute atomic E-state index is 5.94. The lowest BCUT2D eigenvalue weighted by atomic mass is 10.1. The average Bonchev–Trinajstić information content (AvgIpc) is 2.66. The molecule has 3 aromatic rings. The molecule has 0 aliphatic heterocycles. The fourth-order valence-corrected chi connectivity index (χ4v) is 2.21. The third-order valence-electron chi connectivity index (χ3n) is 2.79. The number of nitrogens with two attached hydrogens (primary N) is 1. The number of hydrogen-bond donors (Lipinski definition) is 1. The van der Waals surface area contributed by atoms with Crippen LogP contribution in [0.3, 0.4) is 0 Å². The summed E-state index contributed by atoms with van der Waals surface area (Å²) in [5.41, 5.74) is 7.96. The number of nitrogen functional groups attached to an aromatic ring is 1. The zero-order chi connectivity index (χ0) is 12.0. The standard InChI is InChI=1S/C13H10ClNO2/c1-16-13-9(15)4-5-10-12(13)8-3-2-7(14)6-11(8)17-10/h2-6H,15H2,1H3. The molecule has 4 heteroatoms. The summed E-state index contributed by atoms with van der Waals surface area (Å²) in [5.74, 6) is 0.642. The van der Waals surface area contributed by atoms with Gasteiger partial charge < -0.3 is 14.9 Å². The first-order valence-electron chi connectivity index (χ1n) is 5.15. The molecule has 0 aliphatic rings. The van der Waals surface area contributed by atoms with Crippen LogP contribution in [0.4, 0.5) is 5.69 Å². The van der Waals surface area contributed by atoms with E-state index >= 15 is 0 Å². The first-order valence-corrected chi connectivity index (χ1v) is 5.52. The zero-order valence-corrected chi connectivity index (χ0v) is 9.91. The van der Waals surface area contributed by atoms with E-state index in [4.69, 9.17) is 26.5 Å². The maximum Gasteiger partial charge on any atom is 0.153 e. The van der Waals surface area contributed by atoms with E-state index in [1.165, 1.54) is 0 Å². The first kappa shape index (κ1) is 10.3. The van der Waals surface area contributed by atoms with Crippen molar-refractivity contribution in [3.63, 3.8) is 0 Å². The monoisotopic (exact) mass is 247 g/mol. The molecule has 3 nitrogen and oxygen atoms in total. The molecule has 0 unspecified atom stereocenters. The molecular weight excluding hydrogens is 238 g/mol. The molecule has 0 radical (unpaired) electrons. The van der Waals surface area contributed by atoms with E-state index in [0.29, 0.717) is 16.5 Å². The summed E-state index contributed by atoms with van der Waals surface area (Å²) in [6.45, 7) is 0. The Morgan fingerprint density at radius 1 is 1.18 bits per heavy atom. The second-order valence-electron chi connectivity index (χ2n) is 3.80. The summed E-state index contributed by atoms with van der Waals surface area (Å²) in [6.07, 6.45) is 0. The van der Waals surface area contributed by atoms with Crippen LogP contribution in [0.5, 0.6) is 5.75 Å². The maximum atomic E-state index is 5.94. The Bertz CT molecular complexity index is 718. The van der Waals surface area contributed by atoms with Crippen molar-refractivity contribution in [2.45, 2.75) is 0 Å². The highest BCUT2D eigenvalue weighted by atomic mass is 35.5. The van der Waals surface area contributed by atoms with Gasteiger partial charge in [0.05, 0.1) is 18.2 Å². The highest BCUT2D eigenvalue weighted by molar-refractivity contribution is 6.31. The summed E-state index contributed by atoms with van der Waals surface area (Å²) in [7, 11) is 1.60. The Labute approximate surface area is 103 Å². The lowest BCUT2D eigenvalue weighted by Gasteiger charge is -2.04. The van der Waals surface area contributed by atoms with Crippen molar-refractivity contribution >= 4 is 39.2 Å². The molecule has 0 spiro atoms. The third kappa shape index (κ3) is 1.43. The molecular formula is C13H10ClNO2. The first-order chi connectivity index (χ1) is 8.20. The van der Waals surface area contributed by atoms with E-state index in [9.17, 15) is 0 Å². The van der Waals surface area contributed by atoms with E-state index in [-0.39, 0.29) is 0 Å². The number of ether oxygens (including phenoxy) is 1. The van der Waals surface area contributed by atoms with Crippen LogP contribution in [0, 0.1) is 0 Å². The Morgan fingerprint density at radius 2 is 2.00 bits per heavy atom. The number of halogens is 1. The Kier molecular flexibility index (Phi) is 2.16. The van der Waals surface area contributed by atoms with Gasteiger partial charge in [-0.05, 0) is 24.3 Å². The number of benzene rings is 2. The van der Waals surface area contributed by atoms with Crippen molar-refractivity contribution in [1.29, 1.82) is 0 Å². The van der Waals surface area contributed by atoms with Gasteiger partial charge in [0.1, 0.15) is 11.2 Å². The minimum atomic E-state index is 0.595. The van der Waals surface area contributed by atoms with Gasteiger partial charge in [-0.2, -0.15) is 0 Å². The second-order valence-corrected chi connectivity index (χ2v) is 4.24. The van der Waals surface area contributed by atoms with Crippen molar-refractivity contribution in [2.75, 3.05) is 12.8 Å². The summed E-state index contributed by atoms with van der Waals surface area (Å²) in [6, 6.07) is 9.12. The van der Waals surface area contributed by atoms with Gasteiger partial charge in [-0.15, -0.1) is 0 Å². The predicted octanol–water partition coefficient (Wildman–Crippen LogP) is 3.83. The molecule has 0 fully saturated rings. The minimum Gasteiger partial charge on any atom is -0.494 e. The Hall–Kier alpha value is -1.87. The molecule has 2 N–H and O–H groups in total. The number of fused-ring (bicyclic) bond motifs is 3. The zero-order valence-electron chi connectivity index (χ0n) is 9.16. The molecule has 3 rings (SSSR count). The molecule has 0 amide bonds. The van der Waals surface area contributed by atoms with Crippen LogP contribution in [0.25, 0.3) is 21.9 Å². The van der Waals surface area contributed by atoms with Crippen molar-refractivity contribution in [1.82, 2.24) is 0 Å². The SMILES string of the molecule is COc1c(N)ccc2oc3cc(Cl)ccc3c12. The van der Waals surface area contributed by atoms with Gasteiger partial charge in [-0.25, -0.2) is 0 Å². The van der Waals surface area contributed by atoms with Gasteiger partial charge in [0.25, 0.3) is 0 Å². The van der Waals surface area contributed by atoms with Gasteiger partial charge in [0, 0.05) is 16.5 Å². The van der Waals surface area contributed by atoms with Crippen LogP contribution in [0.1, 0.15) is 0 Å². The predicted molar refractivity (Wildman–Crippen MR) is 69.7 cm³/mol. The summed E-state index contributed by atoms with van der Waals surface area (Å²) in [4.78, 5) is 0. The molecule has 0 aliphatic carbocycles. The molecule has 1 aromatic heterocycles. The smallest absolute Gasteiger partial charge is 0.153 e. The minimum absolute atomic E-state index is 0.595. The lowest BCUT2D eigenvalue weighted by molar-refractivity contribution is 0.422. The van der Waals surface area contributed by atoms with Crippen molar-refractivity contribution < 1.29 is 9.15 Å². The Balaban J connectivity index is 2.53. The fourth-order valence-electron chi connectivity index (χ4n) is 2.05. The number of anilines is 1. The van der Waals surface area contributed by atoms with Crippen LogP contribution in [-0.4, -0.2) is 7.11 Å². The number of methoxy groups -OCH3 is 1. The van der Waals surface area contributed by atoms with E-state index in [1.807, 2.05) is 18.2 Å². The molecule has 0 bridgehead atoms. The van der Waals surface area contributed by atoms with Crippen molar-refractivity contribution in [3.8, 4) is 5.75 Å². The van der Waals surface area contributed by atoms with Gasteiger partial charge >= 0.3 is 0 Å². The lowest BCUT2D eigenvalue weighted by Crippen LogP contribution is -1.91. The quantitative estimate of drug-likeness (QED) is 0.665. The van der Waals surface area contributed by atoms with E-state index in [2.05, 4.69) is 0 Å². The second kappa shape index (κ2) is 3.57. The van der Waals surface area contributed by atoms with Gasteiger partial charge in [-0.3, -0.25) is 0 Å². The number of rotatable bonds is 1. The van der Waals surface area contributed by atoms with Crippen LogP contribution in [0.2, 0.25) is 5.02 Å². The van der Waals surface area contributed by atoms with Crippen LogP contribution < -0.4 is 10.5 Å². The summed E-state index contributed by atoms with van der Waals surface area (Å²) in [5, 5.41) is 2.48. The van der Waals surface area contributed by atoms with Crippen molar-refractivity contribution in [2.24, 2.45) is 0 Å². The van der Waals surface area contributed by atoms with Crippen LogP contribution in [0.15, 0.2) is 34.7 Å².